The van der Waals surface area contributed by atoms with E-state index in [1.807, 2.05) is 6.92 Å². The normalized spacial score (nSPS) is 10.9. The summed E-state index contributed by atoms with van der Waals surface area (Å²) < 4.78 is 1.54. The van der Waals surface area contributed by atoms with Crippen molar-refractivity contribution in [3.8, 4) is 0 Å². The molecule has 0 saturated carbocycles. The second kappa shape index (κ2) is 4.62. The van der Waals surface area contributed by atoms with Gasteiger partial charge in [0.2, 0.25) is 0 Å². The van der Waals surface area contributed by atoms with Crippen LogP contribution in [0, 0.1) is 12.4 Å². The van der Waals surface area contributed by atoms with E-state index in [1.54, 1.807) is 11.5 Å². The predicted molar refractivity (Wildman–Crippen MR) is 37.6 cm³/mol. The van der Waals surface area contributed by atoms with Gasteiger partial charge in [-0.3, -0.25) is 5.70 Å². The third-order valence-electron chi connectivity index (χ3n) is 1.22. The molecule has 0 aromatic carbocycles. The van der Waals surface area contributed by atoms with Gasteiger partial charge >= 0.3 is 0 Å². The van der Waals surface area contributed by atoms with Gasteiger partial charge in [0.15, 0.2) is 0 Å². The average Bonchev–Trinajstić information content (AvgIpc) is 2.34. The zero-order valence-electron chi connectivity index (χ0n) is 6.50. The SMILES string of the molecule is C[C-]=C(C)n1[c-]nnc1N.[Y]. The molecule has 0 spiro atoms. The molecule has 5 heteroatoms. The van der Waals surface area contributed by atoms with Crippen molar-refractivity contribution >= 4 is 11.6 Å². The van der Waals surface area contributed by atoms with E-state index in [1.165, 1.54) is 0 Å². The first-order chi connectivity index (χ1) is 4.75. The number of anilines is 1. The molecule has 11 heavy (non-hydrogen) atoms. The molecule has 0 amide bonds. The topological polar surface area (TPSA) is 56.7 Å². The molecular formula is C6H8N4Y-2. The third-order valence-corrected chi connectivity index (χ3v) is 1.22. The van der Waals surface area contributed by atoms with Crippen LogP contribution in [0.1, 0.15) is 13.8 Å². The Morgan fingerprint density at radius 1 is 1.73 bits per heavy atom. The third kappa shape index (κ3) is 2.38. The van der Waals surface area contributed by atoms with Crippen molar-refractivity contribution in [1.29, 1.82) is 0 Å². The number of nitrogens with zero attached hydrogens (tertiary/aromatic N) is 3. The summed E-state index contributed by atoms with van der Waals surface area (Å²) in [7, 11) is 0. The van der Waals surface area contributed by atoms with Crippen molar-refractivity contribution in [3.63, 3.8) is 0 Å². The molecule has 0 aliphatic rings. The minimum absolute atomic E-state index is 0. The number of hydrogen-bond donors (Lipinski definition) is 1. The van der Waals surface area contributed by atoms with Gasteiger partial charge in [0, 0.05) is 39.0 Å². The summed E-state index contributed by atoms with van der Waals surface area (Å²) in [6.07, 6.45) is 5.48. The Balaban J connectivity index is 0.000001000. The van der Waals surface area contributed by atoms with Crippen molar-refractivity contribution in [2.24, 2.45) is 0 Å². The second-order valence-corrected chi connectivity index (χ2v) is 1.83. The molecular weight excluding hydrogens is 217 g/mol. The van der Waals surface area contributed by atoms with E-state index in [0.717, 1.165) is 5.70 Å². The van der Waals surface area contributed by atoms with Crippen molar-refractivity contribution in [2.75, 3.05) is 5.73 Å². The molecule has 0 bridgehead atoms. The van der Waals surface area contributed by atoms with Crippen LogP contribution < -0.4 is 5.73 Å². The number of nitrogens with two attached hydrogens (primary N) is 1. The van der Waals surface area contributed by atoms with Gasteiger partial charge in [0.1, 0.15) is 5.95 Å². The van der Waals surface area contributed by atoms with Gasteiger partial charge in [-0.2, -0.15) is 5.10 Å². The van der Waals surface area contributed by atoms with Crippen LogP contribution in [0.5, 0.6) is 0 Å². The van der Waals surface area contributed by atoms with E-state index in [-0.39, 0.29) is 32.7 Å². The zero-order chi connectivity index (χ0) is 7.56. The summed E-state index contributed by atoms with van der Waals surface area (Å²) in [5.41, 5.74) is 6.26. The first-order valence-corrected chi connectivity index (χ1v) is 2.86. The Kier molecular flexibility index (Phi) is 4.53. The van der Waals surface area contributed by atoms with Crippen LogP contribution in [-0.2, 0) is 32.7 Å². The maximum Gasteiger partial charge on any atom is 0.110 e. The summed E-state index contributed by atoms with van der Waals surface area (Å²) >= 11 is 0. The Morgan fingerprint density at radius 3 is 2.73 bits per heavy atom. The fourth-order valence-electron chi connectivity index (χ4n) is 0.573. The number of hydrogen-bond acceptors (Lipinski definition) is 3. The molecule has 2 N–H and O–H groups in total. The van der Waals surface area contributed by atoms with Gasteiger partial charge in [-0.05, 0) is 0 Å². The van der Waals surface area contributed by atoms with Gasteiger partial charge in [-0.25, -0.2) is 12.0 Å². The minimum atomic E-state index is 0. The standard InChI is InChI=1S/C6H8N4.Y/c1-3-5(2)10-4-8-9-6(10)7;/h1-2H3,(H2,7,9);/q-2;. The molecule has 1 radical (unpaired) electrons. The Bertz CT molecular complexity index is 253. The number of aromatic nitrogens is 3. The Hall–Kier alpha value is -0.216. The maximum absolute atomic E-state index is 5.41. The summed E-state index contributed by atoms with van der Waals surface area (Å²) in [5, 5.41) is 7.05. The molecule has 1 heterocycles. The van der Waals surface area contributed by atoms with Crippen LogP contribution >= 0.6 is 0 Å². The van der Waals surface area contributed by atoms with Gasteiger partial charge in [-0.1, -0.05) is 0 Å². The van der Waals surface area contributed by atoms with Crippen LogP contribution in [-0.4, -0.2) is 14.8 Å². The smallest absolute Gasteiger partial charge is 0.110 e. The first kappa shape index (κ1) is 10.8. The van der Waals surface area contributed by atoms with E-state index in [0.29, 0.717) is 5.95 Å². The van der Waals surface area contributed by atoms with E-state index in [4.69, 9.17) is 5.73 Å². The average molecular weight is 225 g/mol. The molecule has 1 rings (SSSR count). The van der Waals surface area contributed by atoms with E-state index in [2.05, 4.69) is 22.6 Å². The van der Waals surface area contributed by atoms with Crippen molar-refractivity contribution < 1.29 is 32.7 Å². The van der Waals surface area contributed by atoms with Crippen molar-refractivity contribution in [1.82, 2.24) is 14.8 Å². The van der Waals surface area contributed by atoms with Gasteiger partial charge < -0.3 is 16.4 Å². The predicted octanol–water partition coefficient (Wildman–Crippen LogP) is 0.342. The zero-order valence-corrected chi connectivity index (χ0v) is 9.33. The number of rotatable bonds is 1. The fraction of sp³-hybridized carbons (Fsp3) is 0.333. The molecule has 0 unspecified atom stereocenters. The van der Waals surface area contributed by atoms with E-state index < -0.39 is 0 Å². The minimum Gasteiger partial charge on any atom is -0.551 e. The summed E-state index contributed by atoms with van der Waals surface area (Å²) in [5.74, 6) is 0.340. The van der Waals surface area contributed by atoms with Crippen LogP contribution in [0.25, 0.3) is 5.70 Å². The van der Waals surface area contributed by atoms with Gasteiger partial charge in [0.25, 0.3) is 0 Å². The van der Waals surface area contributed by atoms with Crippen molar-refractivity contribution in [3.05, 3.63) is 12.4 Å². The van der Waals surface area contributed by atoms with Crippen LogP contribution in [0.2, 0.25) is 0 Å². The summed E-state index contributed by atoms with van der Waals surface area (Å²) in [6.45, 7) is 3.65. The molecule has 0 aliphatic carbocycles. The van der Waals surface area contributed by atoms with Crippen LogP contribution in [0.4, 0.5) is 5.95 Å². The first-order valence-electron chi connectivity index (χ1n) is 2.86. The molecule has 0 fully saturated rings. The molecule has 1 aromatic heterocycles. The Labute approximate surface area is 90.8 Å². The molecule has 57 valence electrons. The number of allylic oxidation sites excluding steroid dienone is 2. The molecule has 0 atom stereocenters. The van der Waals surface area contributed by atoms with Crippen LogP contribution in [0.3, 0.4) is 0 Å². The van der Waals surface area contributed by atoms with Gasteiger partial charge in [-0.15, -0.1) is 6.92 Å². The van der Waals surface area contributed by atoms with Gasteiger partial charge in [0.05, 0.1) is 0 Å². The second-order valence-electron chi connectivity index (χ2n) is 1.83. The molecule has 4 nitrogen and oxygen atoms in total. The quantitative estimate of drug-likeness (QED) is 0.701. The summed E-state index contributed by atoms with van der Waals surface area (Å²) in [6, 6.07) is 0. The Morgan fingerprint density at radius 2 is 2.36 bits per heavy atom. The molecule has 0 aliphatic heterocycles. The maximum atomic E-state index is 5.41. The number of nitrogen functional groups attached to an aromatic ring is 1. The monoisotopic (exact) mass is 225 g/mol. The van der Waals surface area contributed by atoms with E-state index >= 15 is 0 Å². The largest absolute Gasteiger partial charge is 0.551 e. The van der Waals surface area contributed by atoms with Crippen LogP contribution in [0.15, 0.2) is 0 Å². The molecule has 1 aromatic rings. The van der Waals surface area contributed by atoms with Crippen molar-refractivity contribution in [2.45, 2.75) is 13.8 Å². The fourth-order valence-corrected chi connectivity index (χ4v) is 0.573. The molecule has 0 saturated heterocycles. The van der Waals surface area contributed by atoms with E-state index in [9.17, 15) is 0 Å². The summed E-state index contributed by atoms with van der Waals surface area (Å²) in [4.78, 5) is 0.